The Bertz CT molecular complexity index is 355. The fourth-order valence-corrected chi connectivity index (χ4v) is 6.41. The van der Waals surface area contributed by atoms with Crippen molar-refractivity contribution < 1.29 is 0 Å². The van der Waals surface area contributed by atoms with E-state index in [0.29, 0.717) is 0 Å². The average Bonchev–Trinajstić information content (AvgIpc) is 2.80. The van der Waals surface area contributed by atoms with E-state index in [1.807, 2.05) is 0 Å². The van der Waals surface area contributed by atoms with Crippen molar-refractivity contribution in [2.75, 3.05) is 0 Å². The maximum atomic E-state index is 2.62. The zero-order valence-electron chi connectivity index (χ0n) is 11.9. The lowest BCUT2D eigenvalue weighted by molar-refractivity contribution is -0.0374. The van der Waals surface area contributed by atoms with Crippen LogP contribution in [0.1, 0.15) is 64.7 Å². The average molecular weight is 244 g/mol. The molecule has 0 aliphatic heterocycles. The number of hydrogen-bond donors (Lipinski definition) is 0. The summed E-state index contributed by atoms with van der Waals surface area (Å²) in [5.74, 6) is 5.44. The maximum Gasteiger partial charge on any atom is -0.0295 e. The maximum absolute atomic E-state index is 2.62. The summed E-state index contributed by atoms with van der Waals surface area (Å²) in [6.45, 7) is 2.62. The molecule has 0 amide bonds. The lowest BCUT2D eigenvalue weighted by Crippen LogP contribution is -2.46. The Labute approximate surface area is 112 Å². The van der Waals surface area contributed by atoms with E-state index in [4.69, 9.17) is 0 Å². The first kappa shape index (κ1) is 11.6. The van der Waals surface area contributed by atoms with Crippen molar-refractivity contribution in [3.8, 4) is 0 Å². The van der Waals surface area contributed by atoms with Crippen LogP contribution in [-0.2, 0) is 0 Å². The van der Waals surface area contributed by atoms with Crippen LogP contribution >= 0.6 is 0 Å². The molecule has 3 fully saturated rings. The topological polar surface area (TPSA) is 0 Å². The smallest absolute Gasteiger partial charge is 0.0295 e. The number of hydrogen-bond acceptors (Lipinski definition) is 0. The highest BCUT2D eigenvalue weighted by molar-refractivity contribution is 5.06. The Morgan fingerprint density at radius 1 is 0.833 bits per heavy atom. The van der Waals surface area contributed by atoms with E-state index in [1.54, 1.807) is 32.1 Å². The van der Waals surface area contributed by atoms with Crippen molar-refractivity contribution in [1.29, 1.82) is 0 Å². The molecule has 6 unspecified atom stereocenters. The van der Waals surface area contributed by atoms with E-state index in [9.17, 15) is 0 Å². The normalized spacial score (nSPS) is 54.6. The molecule has 4 aliphatic rings. The van der Waals surface area contributed by atoms with Crippen molar-refractivity contribution in [2.24, 2.45) is 35.0 Å². The lowest BCUT2D eigenvalue weighted by atomic mass is 9.51. The van der Waals surface area contributed by atoms with Gasteiger partial charge in [0.05, 0.1) is 0 Å². The van der Waals surface area contributed by atoms with Gasteiger partial charge in [0.1, 0.15) is 0 Å². The van der Waals surface area contributed by atoms with Crippen molar-refractivity contribution in [3.05, 3.63) is 12.2 Å². The minimum Gasteiger partial charge on any atom is -0.0882 e. The van der Waals surface area contributed by atoms with Crippen LogP contribution in [0.25, 0.3) is 0 Å². The second-order valence-electron chi connectivity index (χ2n) is 7.96. The quantitative estimate of drug-likeness (QED) is 0.514. The first-order chi connectivity index (χ1) is 8.78. The van der Waals surface area contributed by atoms with Crippen LogP contribution in [0.2, 0.25) is 0 Å². The Hall–Kier alpha value is -0.260. The minimum absolute atomic E-state index is 0.749. The lowest BCUT2D eigenvalue weighted by Gasteiger charge is -2.54. The Morgan fingerprint density at radius 3 is 2.67 bits per heavy atom. The molecule has 100 valence electrons. The fourth-order valence-electron chi connectivity index (χ4n) is 6.41. The van der Waals surface area contributed by atoms with Gasteiger partial charge in [-0.15, -0.1) is 0 Å². The van der Waals surface area contributed by atoms with Crippen LogP contribution in [0.5, 0.6) is 0 Å². The van der Waals surface area contributed by atoms with E-state index in [0.717, 1.165) is 35.0 Å². The molecule has 0 heteroatoms. The van der Waals surface area contributed by atoms with Crippen molar-refractivity contribution in [2.45, 2.75) is 64.7 Å². The Kier molecular flexibility index (Phi) is 2.64. The van der Waals surface area contributed by atoms with Gasteiger partial charge in [-0.1, -0.05) is 25.5 Å². The highest BCUT2D eigenvalue weighted by Crippen LogP contribution is 2.61. The van der Waals surface area contributed by atoms with Gasteiger partial charge in [0.2, 0.25) is 0 Å². The van der Waals surface area contributed by atoms with Gasteiger partial charge in [0.15, 0.2) is 0 Å². The van der Waals surface area contributed by atoms with Gasteiger partial charge in [0.25, 0.3) is 0 Å². The molecule has 0 spiro atoms. The molecule has 4 aliphatic carbocycles. The third-order valence-corrected chi connectivity index (χ3v) is 7.31. The molecule has 6 atom stereocenters. The van der Waals surface area contributed by atoms with E-state index >= 15 is 0 Å². The van der Waals surface area contributed by atoms with Gasteiger partial charge < -0.3 is 0 Å². The summed E-state index contributed by atoms with van der Waals surface area (Å²) in [5, 5.41) is 0. The Balaban J connectivity index is 1.61. The van der Waals surface area contributed by atoms with Crippen molar-refractivity contribution >= 4 is 0 Å². The van der Waals surface area contributed by atoms with Gasteiger partial charge in [0, 0.05) is 0 Å². The van der Waals surface area contributed by atoms with Crippen LogP contribution in [0.15, 0.2) is 12.2 Å². The largest absolute Gasteiger partial charge is 0.0882 e. The van der Waals surface area contributed by atoms with Gasteiger partial charge in [-0.05, 0) is 86.4 Å². The zero-order chi connectivity index (χ0) is 12.2. The van der Waals surface area contributed by atoms with Crippen LogP contribution in [0.4, 0.5) is 0 Å². The standard InChI is InChI=1S/C18H28/c1-18-11-4-7-17(18)16-9-8-13-5-2-3-6-14(13)15(16)10-12-18/h2-3,13-17H,4-12H2,1H3. The molecule has 3 saturated carbocycles. The second-order valence-corrected chi connectivity index (χ2v) is 7.96. The van der Waals surface area contributed by atoms with E-state index in [1.165, 1.54) is 25.7 Å². The first-order valence-electron chi connectivity index (χ1n) is 8.43. The predicted octanol–water partition coefficient (Wildman–Crippen LogP) is 5.20. The first-order valence-corrected chi connectivity index (χ1v) is 8.43. The molecule has 0 aromatic rings. The summed E-state index contributed by atoms with van der Waals surface area (Å²) in [7, 11) is 0. The molecule has 0 heterocycles. The fraction of sp³-hybridized carbons (Fsp3) is 0.889. The second kappa shape index (κ2) is 4.12. The van der Waals surface area contributed by atoms with E-state index < -0.39 is 0 Å². The molecule has 18 heavy (non-hydrogen) atoms. The monoisotopic (exact) mass is 244 g/mol. The molecular formula is C18H28. The molecular weight excluding hydrogens is 216 g/mol. The highest BCUT2D eigenvalue weighted by Gasteiger charge is 2.52. The third kappa shape index (κ3) is 1.57. The number of fused-ring (bicyclic) bond motifs is 5. The summed E-state index contributed by atoms with van der Waals surface area (Å²) in [6.07, 6.45) is 18.6. The molecule has 0 nitrogen and oxygen atoms in total. The summed E-state index contributed by atoms with van der Waals surface area (Å²) < 4.78 is 0. The van der Waals surface area contributed by atoms with E-state index in [-0.39, 0.29) is 0 Å². The summed E-state index contributed by atoms with van der Waals surface area (Å²) in [4.78, 5) is 0. The van der Waals surface area contributed by atoms with Gasteiger partial charge in [-0.3, -0.25) is 0 Å². The number of rotatable bonds is 0. The molecule has 0 aromatic heterocycles. The molecule has 0 radical (unpaired) electrons. The summed E-state index contributed by atoms with van der Waals surface area (Å²) in [5.41, 5.74) is 0.749. The third-order valence-electron chi connectivity index (χ3n) is 7.31. The molecule has 0 aromatic carbocycles. The van der Waals surface area contributed by atoms with Gasteiger partial charge >= 0.3 is 0 Å². The molecule has 0 saturated heterocycles. The van der Waals surface area contributed by atoms with Crippen LogP contribution in [0.3, 0.4) is 0 Å². The van der Waals surface area contributed by atoms with Crippen LogP contribution in [-0.4, -0.2) is 0 Å². The van der Waals surface area contributed by atoms with Gasteiger partial charge in [-0.25, -0.2) is 0 Å². The summed E-state index contributed by atoms with van der Waals surface area (Å²) in [6, 6.07) is 0. The van der Waals surface area contributed by atoms with Gasteiger partial charge in [-0.2, -0.15) is 0 Å². The molecule has 4 rings (SSSR count). The minimum atomic E-state index is 0.749. The van der Waals surface area contributed by atoms with Crippen molar-refractivity contribution in [3.63, 3.8) is 0 Å². The summed E-state index contributed by atoms with van der Waals surface area (Å²) >= 11 is 0. The SMILES string of the molecule is CC12CCCC1C1CCC3CC=CCC3C1CC2. The zero-order valence-corrected chi connectivity index (χ0v) is 11.9. The van der Waals surface area contributed by atoms with E-state index in [2.05, 4.69) is 19.1 Å². The Morgan fingerprint density at radius 2 is 1.72 bits per heavy atom. The highest BCUT2D eigenvalue weighted by atomic mass is 14.6. The van der Waals surface area contributed by atoms with Crippen LogP contribution < -0.4 is 0 Å². The van der Waals surface area contributed by atoms with Crippen molar-refractivity contribution in [1.82, 2.24) is 0 Å². The van der Waals surface area contributed by atoms with Crippen LogP contribution in [0, 0.1) is 35.0 Å². The number of allylic oxidation sites excluding steroid dienone is 2. The molecule has 0 bridgehead atoms. The molecule has 0 N–H and O–H groups in total. The predicted molar refractivity (Wildman–Crippen MR) is 76.3 cm³/mol.